The monoisotopic (exact) mass is 402 g/mol. The Kier molecular flexibility index (Phi) is 5.39. The average Bonchev–Trinajstić information content (AvgIpc) is 3.07. The van der Waals surface area contributed by atoms with Crippen molar-refractivity contribution >= 4 is 35.1 Å². The van der Waals surface area contributed by atoms with Gasteiger partial charge in [0, 0.05) is 31.7 Å². The molecule has 152 valence electrons. The molecule has 0 saturated carbocycles. The van der Waals surface area contributed by atoms with E-state index in [4.69, 9.17) is 4.98 Å². The molecule has 2 heterocycles. The van der Waals surface area contributed by atoms with Gasteiger partial charge in [0.05, 0.1) is 5.52 Å². The molecule has 0 fully saturated rings. The van der Waals surface area contributed by atoms with Crippen molar-refractivity contribution in [3.8, 4) is 5.95 Å². The van der Waals surface area contributed by atoms with Gasteiger partial charge in [-0.2, -0.15) is 4.98 Å². The Labute approximate surface area is 175 Å². The van der Waals surface area contributed by atoms with E-state index in [1.807, 2.05) is 54.8 Å². The Balaban J connectivity index is 1.70. The van der Waals surface area contributed by atoms with Gasteiger partial charge in [0.2, 0.25) is 0 Å². The minimum Gasteiger partial charge on any atom is -0.423 e. The van der Waals surface area contributed by atoms with Gasteiger partial charge in [-0.15, -0.1) is 10.2 Å². The van der Waals surface area contributed by atoms with Gasteiger partial charge in [-0.05, 0) is 30.1 Å². The van der Waals surface area contributed by atoms with Crippen molar-refractivity contribution in [2.45, 2.75) is 13.5 Å². The largest absolute Gasteiger partial charge is 0.488 e. The summed E-state index contributed by atoms with van der Waals surface area (Å²) in [7, 11) is 2.27. The lowest BCUT2D eigenvalue weighted by molar-refractivity contribution is 0.425. The number of rotatable bonds is 6. The summed E-state index contributed by atoms with van der Waals surface area (Å²) >= 11 is 0. The molecule has 0 radical (unpaired) electrons. The third kappa shape index (κ3) is 3.85. The molecule has 3 N–H and O–H groups in total. The van der Waals surface area contributed by atoms with Crippen LogP contribution in [0.4, 0.5) is 11.6 Å². The molecule has 0 aliphatic rings. The Bertz CT molecular complexity index is 1190. The zero-order chi connectivity index (χ0) is 21.3. The number of anilines is 2. The van der Waals surface area contributed by atoms with Crippen LogP contribution in [0.15, 0.2) is 54.6 Å². The number of benzene rings is 2. The van der Waals surface area contributed by atoms with Crippen LogP contribution in [0.25, 0.3) is 16.9 Å². The highest BCUT2D eigenvalue weighted by Gasteiger charge is 2.16. The number of nitrogens with one attached hydrogen (secondary N) is 1. The minimum absolute atomic E-state index is 0.443. The molecule has 0 amide bonds. The van der Waals surface area contributed by atoms with E-state index < -0.39 is 7.12 Å². The zero-order valence-corrected chi connectivity index (χ0v) is 17.1. The molecule has 0 saturated heterocycles. The Morgan fingerprint density at radius 2 is 1.83 bits per heavy atom. The van der Waals surface area contributed by atoms with E-state index in [-0.39, 0.29) is 0 Å². The molecule has 2 aromatic heterocycles. The number of aromatic nitrogens is 4. The van der Waals surface area contributed by atoms with Crippen LogP contribution in [0.2, 0.25) is 0 Å². The molecule has 30 heavy (non-hydrogen) atoms. The first-order valence-corrected chi connectivity index (χ1v) is 9.62. The minimum atomic E-state index is -1.50. The Hall–Kier alpha value is -3.43. The van der Waals surface area contributed by atoms with Crippen molar-refractivity contribution in [2.24, 2.45) is 0 Å². The third-order valence-electron chi connectivity index (χ3n) is 4.89. The lowest BCUT2D eigenvalue weighted by Gasteiger charge is -2.17. The molecule has 4 rings (SSSR count). The van der Waals surface area contributed by atoms with E-state index in [0.29, 0.717) is 29.6 Å². The number of nitrogens with zero attached hydrogens (tertiary/aromatic N) is 5. The van der Waals surface area contributed by atoms with Gasteiger partial charge in [-0.3, -0.25) is 4.57 Å². The standard InChI is InChI=1S/C21H23BN6O2/c1-14-11-16-8-4-5-10-18(16)28(14)21-24-19(20(25-26-21)27(2)3)23-13-15-7-6-9-17(12-15)22(29)30/h4-12,29-30H,13H2,1-3H3,(H,23,24,26). The van der Waals surface area contributed by atoms with Crippen molar-refractivity contribution < 1.29 is 10.0 Å². The van der Waals surface area contributed by atoms with Crippen LogP contribution in [0, 0.1) is 6.92 Å². The molecule has 2 aromatic carbocycles. The van der Waals surface area contributed by atoms with Gasteiger partial charge in [-0.25, -0.2) is 0 Å². The molecule has 0 atom stereocenters. The van der Waals surface area contributed by atoms with Gasteiger partial charge < -0.3 is 20.3 Å². The average molecular weight is 402 g/mol. The summed E-state index contributed by atoms with van der Waals surface area (Å²) in [6.45, 7) is 2.47. The van der Waals surface area contributed by atoms with Gasteiger partial charge >= 0.3 is 7.12 Å². The highest BCUT2D eigenvalue weighted by molar-refractivity contribution is 6.58. The molecule has 0 bridgehead atoms. The fourth-order valence-electron chi connectivity index (χ4n) is 3.43. The highest BCUT2D eigenvalue weighted by Crippen LogP contribution is 2.25. The maximum Gasteiger partial charge on any atom is 0.488 e. The molecule has 9 heteroatoms. The van der Waals surface area contributed by atoms with Gasteiger partial charge in [-0.1, -0.05) is 42.5 Å². The van der Waals surface area contributed by atoms with Crippen LogP contribution < -0.4 is 15.7 Å². The lowest BCUT2D eigenvalue weighted by Crippen LogP contribution is -2.30. The second-order valence-electron chi connectivity index (χ2n) is 7.33. The van der Waals surface area contributed by atoms with Crippen molar-refractivity contribution in [2.75, 3.05) is 24.3 Å². The first kappa shape index (κ1) is 19.9. The molecule has 0 aliphatic carbocycles. The van der Waals surface area contributed by atoms with Gasteiger partial charge in [0.1, 0.15) is 0 Å². The van der Waals surface area contributed by atoms with Crippen LogP contribution in [-0.2, 0) is 6.54 Å². The molecule has 0 unspecified atom stereocenters. The number of hydrogen-bond acceptors (Lipinski definition) is 7. The zero-order valence-electron chi connectivity index (χ0n) is 17.1. The predicted molar refractivity (Wildman–Crippen MR) is 119 cm³/mol. The summed E-state index contributed by atoms with van der Waals surface area (Å²) in [4.78, 5) is 6.61. The van der Waals surface area contributed by atoms with Gasteiger partial charge in [0.15, 0.2) is 11.6 Å². The van der Waals surface area contributed by atoms with Crippen molar-refractivity contribution in [3.05, 3.63) is 65.9 Å². The van der Waals surface area contributed by atoms with E-state index in [2.05, 4.69) is 27.6 Å². The number of para-hydroxylation sites is 1. The maximum atomic E-state index is 9.40. The number of aryl methyl sites for hydroxylation is 1. The third-order valence-corrected chi connectivity index (χ3v) is 4.89. The quantitative estimate of drug-likeness (QED) is 0.420. The predicted octanol–water partition coefficient (Wildman–Crippen LogP) is 1.48. The molecule has 8 nitrogen and oxygen atoms in total. The lowest BCUT2D eigenvalue weighted by atomic mass is 9.80. The van der Waals surface area contributed by atoms with Crippen LogP contribution >= 0.6 is 0 Å². The number of fused-ring (bicyclic) bond motifs is 1. The second kappa shape index (κ2) is 8.13. The Morgan fingerprint density at radius 1 is 1.03 bits per heavy atom. The maximum absolute atomic E-state index is 9.40. The molecule has 0 aliphatic heterocycles. The van der Waals surface area contributed by atoms with Gasteiger partial charge in [0.25, 0.3) is 5.95 Å². The number of hydrogen-bond donors (Lipinski definition) is 3. The summed E-state index contributed by atoms with van der Waals surface area (Å²) in [6, 6.07) is 17.3. The topological polar surface area (TPSA) is 99.3 Å². The SMILES string of the molecule is Cc1cc2ccccc2n1-c1nnc(N(C)C)c(NCc2cccc(B(O)O)c2)n1. The molecular formula is C21H23BN6O2. The smallest absolute Gasteiger partial charge is 0.423 e. The summed E-state index contributed by atoms with van der Waals surface area (Å²) in [6.07, 6.45) is 0. The fraction of sp³-hybridized carbons (Fsp3) is 0.190. The van der Waals surface area contributed by atoms with Crippen molar-refractivity contribution in [3.63, 3.8) is 0 Å². The van der Waals surface area contributed by atoms with E-state index in [0.717, 1.165) is 22.2 Å². The Morgan fingerprint density at radius 3 is 2.60 bits per heavy atom. The first-order valence-electron chi connectivity index (χ1n) is 9.62. The normalized spacial score (nSPS) is 11.0. The van der Waals surface area contributed by atoms with E-state index in [1.165, 1.54) is 0 Å². The van der Waals surface area contributed by atoms with Crippen molar-refractivity contribution in [1.29, 1.82) is 0 Å². The highest BCUT2D eigenvalue weighted by atomic mass is 16.4. The van der Waals surface area contributed by atoms with Crippen LogP contribution in [0.5, 0.6) is 0 Å². The molecular weight excluding hydrogens is 379 g/mol. The first-order chi connectivity index (χ1) is 14.4. The van der Waals surface area contributed by atoms with Crippen LogP contribution in [0.3, 0.4) is 0 Å². The summed E-state index contributed by atoms with van der Waals surface area (Å²) in [5.41, 5.74) is 3.38. The van der Waals surface area contributed by atoms with Crippen LogP contribution in [0.1, 0.15) is 11.3 Å². The van der Waals surface area contributed by atoms with E-state index in [9.17, 15) is 10.0 Å². The summed E-state index contributed by atoms with van der Waals surface area (Å²) in [5.74, 6) is 1.70. The van der Waals surface area contributed by atoms with E-state index >= 15 is 0 Å². The summed E-state index contributed by atoms with van der Waals surface area (Å²) < 4.78 is 1.98. The molecule has 0 spiro atoms. The molecule has 4 aromatic rings. The fourth-order valence-corrected chi connectivity index (χ4v) is 3.43. The van der Waals surface area contributed by atoms with Crippen molar-refractivity contribution in [1.82, 2.24) is 19.7 Å². The van der Waals surface area contributed by atoms with E-state index in [1.54, 1.807) is 18.2 Å². The second-order valence-corrected chi connectivity index (χ2v) is 7.33. The summed E-state index contributed by atoms with van der Waals surface area (Å²) in [5, 5.41) is 32.0. The van der Waals surface area contributed by atoms with Crippen LogP contribution in [-0.4, -0.2) is 51.0 Å².